The number of hydrogen-bond donors (Lipinski definition) is 2. The van der Waals surface area contributed by atoms with Gasteiger partial charge >= 0.3 is 51.4 Å². The van der Waals surface area contributed by atoms with Crippen LogP contribution < -0.4 is 51.4 Å². The van der Waals surface area contributed by atoms with Crippen LogP contribution in [0.4, 0.5) is 0 Å². The summed E-state index contributed by atoms with van der Waals surface area (Å²) in [6, 6.07) is 0. The van der Waals surface area contributed by atoms with Crippen LogP contribution in [-0.2, 0) is 0 Å². The summed E-state index contributed by atoms with van der Waals surface area (Å²) in [5.41, 5.74) is 0. The van der Waals surface area contributed by atoms with Gasteiger partial charge in [0.25, 0.3) is 0 Å². The predicted octanol–water partition coefficient (Wildman–Crippen LogP) is -3.90. The minimum atomic E-state index is -0.167. The topological polar surface area (TPSA) is 40.5 Å². The molecule has 8 heavy (non-hydrogen) atoms. The molecule has 2 N–H and O–H groups in total. The molecule has 0 amide bonds. The van der Waals surface area contributed by atoms with Gasteiger partial charge in [0, 0.05) is 6.10 Å². The Bertz CT molecular complexity index is 18.8. The molecule has 0 aromatic heterocycles. The van der Waals surface area contributed by atoms with Crippen molar-refractivity contribution >= 4 is 10.5 Å². The van der Waals surface area contributed by atoms with Crippen molar-refractivity contribution in [3.63, 3.8) is 0 Å². The molecule has 0 saturated heterocycles. The molecule has 0 fully saturated rings. The molecule has 0 bridgehead atoms. The van der Waals surface area contributed by atoms with Crippen LogP contribution in [-0.4, -0.2) is 26.5 Å². The molecule has 48 valence electrons. The average molecular weight is 162 g/mol. The van der Waals surface area contributed by atoms with Crippen LogP contribution in [0.15, 0.2) is 0 Å². The molecule has 0 aliphatic heterocycles. The van der Waals surface area contributed by atoms with Gasteiger partial charge in [-0.2, -0.15) is 0 Å². The Morgan fingerprint density at radius 2 is 1.25 bits per heavy atom. The van der Waals surface area contributed by atoms with Crippen molar-refractivity contribution in [2.75, 3.05) is 0 Å². The zero-order valence-corrected chi connectivity index (χ0v) is 11.6. The Hall–Kier alpha value is 1.77. The second-order valence-electron chi connectivity index (χ2n) is 1.09. The monoisotopic (exact) mass is 162 g/mol. The van der Waals surface area contributed by atoms with Crippen molar-refractivity contribution in [2.24, 2.45) is 0 Å². The minimum absolute atomic E-state index is 0. The smallest absolute Gasteiger partial charge is 0.442 e. The largest absolute Gasteiger partial charge is 1.00 e. The Balaban J connectivity index is -0.0000000183. The Morgan fingerprint density at radius 1 is 1.25 bits per heavy atom. The van der Waals surface area contributed by atoms with E-state index in [0.29, 0.717) is 10.5 Å². The number of rotatable bonds is 0. The summed E-state index contributed by atoms with van der Waals surface area (Å²) < 4.78 is 0. The molecule has 0 heterocycles. The second-order valence-corrected chi connectivity index (χ2v) is 1.09. The maximum atomic E-state index is 8.06. The van der Waals surface area contributed by atoms with Crippen LogP contribution in [0, 0.1) is 7.43 Å². The van der Waals surface area contributed by atoms with E-state index in [2.05, 4.69) is 0 Å². The van der Waals surface area contributed by atoms with Crippen LogP contribution in [0.1, 0.15) is 13.8 Å². The quantitative estimate of drug-likeness (QED) is 0.282. The molecule has 4 heteroatoms. The van der Waals surface area contributed by atoms with Gasteiger partial charge in [0.1, 0.15) is 10.5 Å². The third-order valence-corrected chi connectivity index (χ3v) is 0. The molecule has 0 aliphatic carbocycles. The molecule has 0 spiro atoms. The van der Waals surface area contributed by atoms with Gasteiger partial charge in [0.2, 0.25) is 0 Å². The molecule has 0 unspecified atom stereocenters. The summed E-state index contributed by atoms with van der Waals surface area (Å²) in [4.78, 5) is 7.14. The third-order valence-electron chi connectivity index (χ3n) is 0. The van der Waals surface area contributed by atoms with Crippen molar-refractivity contribution in [1.29, 1.82) is 0 Å². The predicted molar refractivity (Wildman–Crippen MR) is 35.9 cm³/mol. The summed E-state index contributed by atoms with van der Waals surface area (Å²) in [6.07, 6.45) is -0.167. The summed E-state index contributed by atoms with van der Waals surface area (Å²) >= 11 is 0. The standard InChI is InChI=1S/C3H8O.CH3.K.H4OSi/c1-3(2)4;;;1-2/h3-4H,1-2H3;1H3;;1H,2H3/q;-1;+1;. The van der Waals surface area contributed by atoms with E-state index in [1.165, 1.54) is 0 Å². The van der Waals surface area contributed by atoms with Crippen molar-refractivity contribution in [2.45, 2.75) is 20.0 Å². The van der Waals surface area contributed by atoms with Crippen LogP contribution in [0.25, 0.3) is 0 Å². The van der Waals surface area contributed by atoms with E-state index in [1.54, 1.807) is 13.8 Å². The van der Waals surface area contributed by atoms with Crippen molar-refractivity contribution in [1.82, 2.24) is 0 Å². The zero-order valence-electron chi connectivity index (χ0n) is 6.47. The van der Waals surface area contributed by atoms with E-state index in [4.69, 9.17) is 9.90 Å². The molecular formula is C4H15KO2Si. The maximum absolute atomic E-state index is 8.06. The molecule has 2 nitrogen and oxygen atoms in total. The third kappa shape index (κ3) is 113. The SMILES string of the molecule is CC(C)O.O[SiH3].[CH3-].[K+]. The Kier molecular flexibility index (Phi) is 65.6. The normalized spacial score (nSPS) is 5.62. The van der Waals surface area contributed by atoms with Crippen LogP contribution >= 0.6 is 0 Å². The van der Waals surface area contributed by atoms with Gasteiger partial charge in [-0.15, -0.1) is 0 Å². The van der Waals surface area contributed by atoms with Gasteiger partial charge in [0.15, 0.2) is 0 Å². The fourth-order valence-electron chi connectivity index (χ4n) is 0. The van der Waals surface area contributed by atoms with Gasteiger partial charge in [-0.3, -0.25) is 0 Å². The van der Waals surface area contributed by atoms with E-state index >= 15 is 0 Å². The molecular weight excluding hydrogens is 147 g/mol. The van der Waals surface area contributed by atoms with Crippen molar-refractivity contribution < 1.29 is 61.3 Å². The molecule has 0 aromatic carbocycles. The fourth-order valence-corrected chi connectivity index (χ4v) is 0. The van der Waals surface area contributed by atoms with Gasteiger partial charge in [-0.1, -0.05) is 0 Å². The van der Waals surface area contributed by atoms with E-state index in [-0.39, 0.29) is 64.9 Å². The molecule has 0 saturated carbocycles. The van der Waals surface area contributed by atoms with Crippen LogP contribution in [0.5, 0.6) is 0 Å². The first kappa shape index (κ1) is 22.6. The number of aliphatic hydroxyl groups excluding tert-OH is 1. The Morgan fingerprint density at radius 3 is 1.25 bits per heavy atom. The minimum Gasteiger partial charge on any atom is -0.442 e. The molecule has 0 aromatic rings. The van der Waals surface area contributed by atoms with Gasteiger partial charge in [-0.05, 0) is 13.8 Å². The van der Waals surface area contributed by atoms with Gasteiger partial charge < -0.3 is 17.3 Å². The first-order valence-corrected chi connectivity index (χ1v) is 2.75. The summed E-state index contributed by atoms with van der Waals surface area (Å²) in [7, 11) is 0.306. The van der Waals surface area contributed by atoms with Crippen molar-refractivity contribution in [3.8, 4) is 0 Å². The van der Waals surface area contributed by atoms with E-state index in [0.717, 1.165) is 0 Å². The molecule has 0 aliphatic rings. The van der Waals surface area contributed by atoms with Crippen LogP contribution in [0.3, 0.4) is 0 Å². The first-order valence-electron chi connectivity index (χ1n) is 1.86. The molecule has 0 atom stereocenters. The summed E-state index contributed by atoms with van der Waals surface area (Å²) in [5, 5.41) is 8.06. The number of hydrogen-bond acceptors (Lipinski definition) is 2. The molecule has 0 radical (unpaired) electrons. The summed E-state index contributed by atoms with van der Waals surface area (Å²) in [6.45, 7) is 3.44. The average Bonchev–Trinajstić information content (AvgIpc) is 1.41. The van der Waals surface area contributed by atoms with Crippen molar-refractivity contribution in [3.05, 3.63) is 7.43 Å². The number of aliphatic hydroxyl groups is 1. The van der Waals surface area contributed by atoms with E-state index < -0.39 is 0 Å². The zero-order chi connectivity index (χ0) is 5.58. The van der Waals surface area contributed by atoms with Gasteiger partial charge in [0.05, 0.1) is 0 Å². The Labute approximate surface area is 97.7 Å². The first-order chi connectivity index (χ1) is 2.73. The second kappa shape index (κ2) is 23.3. The molecule has 0 rings (SSSR count). The van der Waals surface area contributed by atoms with E-state index in [9.17, 15) is 0 Å². The maximum Gasteiger partial charge on any atom is 1.00 e. The van der Waals surface area contributed by atoms with Gasteiger partial charge in [-0.25, -0.2) is 0 Å². The van der Waals surface area contributed by atoms with Crippen LogP contribution in [0.2, 0.25) is 0 Å². The van der Waals surface area contributed by atoms with E-state index in [1.807, 2.05) is 0 Å². The summed E-state index contributed by atoms with van der Waals surface area (Å²) in [5.74, 6) is 0. The fraction of sp³-hybridized carbons (Fsp3) is 0.750.